The zero-order chi connectivity index (χ0) is 20.2. The average Bonchev–Trinajstić information content (AvgIpc) is 2.81. The number of carbonyl (C=O) groups is 1. The van der Waals surface area contributed by atoms with E-state index in [1.165, 1.54) is 0 Å². The molecule has 0 aromatic carbocycles. The molecule has 0 fully saturated rings. The Hall–Kier alpha value is -1.14. The molecule has 150 valence electrons. The number of ether oxygens (including phenoxy) is 1. The average molecular weight is 384 g/mol. The minimum atomic E-state index is -1.66. The molecular weight excluding hydrogens is 346 g/mol. The second kappa shape index (κ2) is 8.70. The van der Waals surface area contributed by atoms with Gasteiger partial charge in [-0.15, -0.1) is 0 Å². The molecule has 0 radical (unpaired) electrons. The lowest BCUT2D eigenvalue weighted by molar-refractivity contribution is 0.00577. The van der Waals surface area contributed by atoms with Gasteiger partial charge in [0.15, 0.2) is 14.0 Å². The smallest absolute Gasteiger partial charge is 0.361 e. The van der Waals surface area contributed by atoms with E-state index in [1.54, 1.807) is 0 Å². The van der Waals surface area contributed by atoms with Gasteiger partial charge in [0.2, 0.25) is 0 Å². The van der Waals surface area contributed by atoms with Crippen LogP contribution in [0.4, 0.5) is 0 Å². The Kier molecular flexibility index (Phi) is 7.66. The Bertz CT molecular complexity index is 594. The van der Waals surface area contributed by atoms with Crippen LogP contribution in [0.3, 0.4) is 0 Å². The molecule has 1 rings (SSSR count). The Morgan fingerprint density at radius 3 is 2.23 bits per heavy atom. The van der Waals surface area contributed by atoms with Crippen LogP contribution in [0.15, 0.2) is 4.52 Å². The highest BCUT2D eigenvalue weighted by Gasteiger charge is 2.36. The number of esters is 1. The lowest BCUT2D eigenvalue weighted by Crippen LogP contribution is -2.40. The van der Waals surface area contributed by atoms with E-state index in [4.69, 9.17) is 13.7 Å². The fourth-order valence-electron chi connectivity index (χ4n) is 2.30. The van der Waals surface area contributed by atoms with E-state index >= 15 is 0 Å². The van der Waals surface area contributed by atoms with E-state index in [2.05, 4.69) is 39.0 Å². The highest BCUT2D eigenvalue weighted by atomic mass is 28.4. The van der Waals surface area contributed by atoms with E-state index in [9.17, 15) is 4.79 Å². The van der Waals surface area contributed by atoms with Crippen LogP contribution in [0.5, 0.6) is 0 Å². The largest absolute Gasteiger partial charge is 0.455 e. The molecule has 0 aliphatic heterocycles. The standard InChI is InChI=1S/C20H37NO4Si/c1-15-16(17(21-25-15)18(22)24-19(2,3)4)13-11-10-12-14-23-26(8,9)20(5,6)7/h10-14H2,1-9H3. The Balaban J connectivity index is 2.47. The van der Waals surface area contributed by atoms with E-state index in [0.717, 1.165) is 37.9 Å². The Labute approximate surface area is 159 Å². The van der Waals surface area contributed by atoms with Crippen LogP contribution in [-0.4, -0.2) is 31.7 Å². The fraction of sp³-hybridized carbons (Fsp3) is 0.800. The second-order valence-corrected chi connectivity index (χ2v) is 14.3. The number of nitrogens with zero attached hydrogens (tertiary/aromatic N) is 1. The van der Waals surface area contributed by atoms with Crippen LogP contribution < -0.4 is 0 Å². The van der Waals surface area contributed by atoms with Gasteiger partial charge in [-0.1, -0.05) is 32.3 Å². The molecule has 1 aromatic heterocycles. The molecule has 1 aromatic rings. The third-order valence-corrected chi connectivity index (χ3v) is 9.46. The van der Waals surface area contributed by atoms with E-state index in [-0.39, 0.29) is 5.04 Å². The monoisotopic (exact) mass is 383 g/mol. The Morgan fingerprint density at radius 1 is 1.08 bits per heavy atom. The van der Waals surface area contributed by atoms with Gasteiger partial charge in [-0.25, -0.2) is 4.79 Å². The van der Waals surface area contributed by atoms with Crippen LogP contribution in [0.1, 0.15) is 82.6 Å². The molecule has 0 saturated heterocycles. The summed E-state index contributed by atoms with van der Waals surface area (Å²) in [6, 6.07) is 0. The van der Waals surface area contributed by atoms with Gasteiger partial charge in [-0.3, -0.25) is 0 Å². The number of unbranched alkanes of at least 4 members (excludes halogenated alkanes) is 2. The molecule has 0 aliphatic carbocycles. The summed E-state index contributed by atoms with van der Waals surface area (Å²) in [5, 5.41) is 4.15. The van der Waals surface area contributed by atoms with Gasteiger partial charge >= 0.3 is 5.97 Å². The minimum absolute atomic E-state index is 0.245. The third-order valence-electron chi connectivity index (χ3n) is 4.92. The summed E-state index contributed by atoms with van der Waals surface area (Å²) in [5.74, 6) is 0.286. The lowest BCUT2D eigenvalue weighted by Gasteiger charge is -2.36. The molecule has 0 aliphatic rings. The van der Waals surface area contributed by atoms with Crippen molar-refractivity contribution in [3.8, 4) is 0 Å². The van der Waals surface area contributed by atoms with Crippen molar-refractivity contribution in [2.24, 2.45) is 0 Å². The van der Waals surface area contributed by atoms with Crippen molar-refractivity contribution in [2.75, 3.05) is 6.61 Å². The normalized spacial score (nSPS) is 13.1. The number of rotatable bonds is 8. The quantitative estimate of drug-likeness (QED) is 0.329. The predicted octanol–water partition coefficient (Wildman–Crippen LogP) is 5.67. The summed E-state index contributed by atoms with van der Waals surface area (Å²) in [5.41, 5.74) is 0.641. The zero-order valence-electron chi connectivity index (χ0n) is 18.1. The first-order valence-corrected chi connectivity index (χ1v) is 12.5. The molecule has 0 atom stereocenters. The Morgan fingerprint density at radius 2 is 1.69 bits per heavy atom. The fourth-order valence-corrected chi connectivity index (χ4v) is 3.38. The maximum Gasteiger partial charge on any atom is 0.361 e. The predicted molar refractivity (Wildman–Crippen MR) is 107 cm³/mol. The summed E-state index contributed by atoms with van der Waals surface area (Å²) < 4.78 is 16.8. The van der Waals surface area contributed by atoms with Gasteiger partial charge in [0.05, 0.1) is 0 Å². The lowest BCUT2D eigenvalue weighted by atomic mass is 10.1. The summed E-state index contributed by atoms with van der Waals surface area (Å²) in [4.78, 5) is 12.3. The first-order chi connectivity index (χ1) is 11.7. The highest BCUT2D eigenvalue weighted by Crippen LogP contribution is 2.36. The van der Waals surface area contributed by atoms with E-state index in [1.807, 2.05) is 27.7 Å². The molecule has 0 saturated carbocycles. The second-order valence-electron chi connectivity index (χ2n) is 9.49. The SMILES string of the molecule is Cc1onc(C(=O)OC(C)(C)C)c1CCCCCO[Si](C)(C)C(C)(C)C. The van der Waals surface area contributed by atoms with Crippen molar-refractivity contribution in [3.05, 3.63) is 17.0 Å². The van der Waals surface area contributed by atoms with Crippen molar-refractivity contribution in [1.82, 2.24) is 5.16 Å². The number of aryl methyl sites for hydroxylation is 1. The number of hydrogen-bond acceptors (Lipinski definition) is 5. The molecule has 6 heteroatoms. The highest BCUT2D eigenvalue weighted by molar-refractivity contribution is 6.74. The van der Waals surface area contributed by atoms with Crippen molar-refractivity contribution >= 4 is 14.3 Å². The van der Waals surface area contributed by atoms with Crippen molar-refractivity contribution in [1.29, 1.82) is 0 Å². The van der Waals surface area contributed by atoms with Gasteiger partial charge < -0.3 is 13.7 Å². The van der Waals surface area contributed by atoms with Gasteiger partial charge in [-0.2, -0.15) is 0 Å². The number of hydrogen-bond donors (Lipinski definition) is 0. The molecular formula is C20H37NO4Si. The minimum Gasteiger partial charge on any atom is -0.455 e. The molecule has 0 unspecified atom stereocenters. The molecule has 0 amide bonds. The van der Waals surface area contributed by atoms with Crippen LogP contribution >= 0.6 is 0 Å². The van der Waals surface area contributed by atoms with Crippen molar-refractivity contribution in [2.45, 2.75) is 97.9 Å². The van der Waals surface area contributed by atoms with Crippen molar-refractivity contribution < 1.29 is 18.5 Å². The number of carbonyl (C=O) groups excluding carboxylic acids is 1. The summed E-state index contributed by atoms with van der Waals surface area (Å²) in [6.07, 6.45) is 3.81. The van der Waals surface area contributed by atoms with Gasteiger partial charge in [0.1, 0.15) is 11.4 Å². The van der Waals surface area contributed by atoms with Gasteiger partial charge in [-0.05, 0) is 65.1 Å². The molecule has 0 N–H and O–H groups in total. The zero-order valence-corrected chi connectivity index (χ0v) is 19.1. The van der Waals surface area contributed by atoms with E-state index in [0.29, 0.717) is 11.5 Å². The van der Waals surface area contributed by atoms with Crippen LogP contribution in [0.25, 0.3) is 0 Å². The molecule has 0 spiro atoms. The summed E-state index contributed by atoms with van der Waals surface area (Å²) in [7, 11) is -1.66. The molecule has 26 heavy (non-hydrogen) atoms. The number of aromatic nitrogens is 1. The van der Waals surface area contributed by atoms with Crippen molar-refractivity contribution in [3.63, 3.8) is 0 Å². The van der Waals surface area contributed by atoms with Crippen LogP contribution in [0.2, 0.25) is 18.1 Å². The maximum atomic E-state index is 12.3. The van der Waals surface area contributed by atoms with Crippen LogP contribution in [-0.2, 0) is 15.6 Å². The van der Waals surface area contributed by atoms with Gasteiger partial charge in [0, 0.05) is 12.2 Å². The first kappa shape index (κ1) is 22.9. The topological polar surface area (TPSA) is 61.6 Å². The van der Waals surface area contributed by atoms with Gasteiger partial charge in [0.25, 0.3) is 0 Å². The maximum absolute atomic E-state index is 12.3. The molecule has 5 nitrogen and oxygen atoms in total. The van der Waals surface area contributed by atoms with Crippen LogP contribution in [0, 0.1) is 6.92 Å². The van der Waals surface area contributed by atoms with E-state index < -0.39 is 19.9 Å². The third kappa shape index (κ3) is 6.87. The molecule has 0 bridgehead atoms. The summed E-state index contributed by atoms with van der Waals surface area (Å²) in [6.45, 7) is 19.5. The first-order valence-electron chi connectivity index (χ1n) is 9.57. The molecule has 1 heterocycles. The summed E-state index contributed by atoms with van der Waals surface area (Å²) >= 11 is 0.